The largest absolute Gasteiger partial charge is 0.370 e. The van der Waals surface area contributed by atoms with E-state index in [4.69, 9.17) is 5.73 Å². The number of aliphatic imine (C=N–C) groups is 1. The van der Waals surface area contributed by atoms with Gasteiger partial charge in [0.25, 0.3) is 0 Å². The lowest BCUT2D eigenvalue weighted by atomic mass is 9.96. The molecule has 6 heteroatoms. The molecule has 0 spiro atoms. The van der Waals surface area contributed by atoms with Gasteiger partial charge in [-0.25, -0.2) is 8.42 Å². The van der Waals surface area contributed by atoms with E-state index in [-0.39, 0.29) is 11.8 Å². The Balaban J connectivity index is 2.41. The van der Waals surface area contributed by atoms with Crippen molar-refractivity contribution in [2.75, 3.05) is 12.0 Å². The molecule has 17 heavy (non-hydrogen) atoms. The number of sulfone groups is 1. The van der Waals surface area contributed by atoms with E-state index < -0.39 is 9.84 Å². The average molecular weight is 261 g/mol. The van der Waals surface area contributed by atoms with Crippen molar-refractivity contribution in [3.63, 3.8) is 0 Å². The van der Waals surface area contributed by atoms with Crippen molar-refractivity contribution < 1.29 is 8.42 Å². The van der Waals surface area contributed by atoms with Crippen LogP contribution in [0.25, 0.3) is 0 Å². The Morgan fingerprint density at radius 1 is 1.41 bits per heavy atom. The maximum atomic E-state index is 11.1. The number of nitrogens with two attached hydrogens (primary N) is 1. The summed E-state index contributed by atoms with van der Waals surface area (Å²) in [5.74, 6) is 0.446. The molecule has 0 radical (unpaired) electrons. The van der Waals surface area contributed by atoms with E-state index >= 15 is 0 Å². The van der Waals surface area contributed by atoms with Gasteiger partial charge in [0.05, 0.1) is 11.8 Å². The van der Waals surface area contributed by atoms with Crippen molar-refractivity contribution in [1.82, 2.24) is 5.32 Å². The summed E-state index contributed by atoms with van der Waals surface area (Å²) < 4.78 is 22.2. The van der Waals surface area contributed by atoms with Crippen LogP contribution < -0.4 is 11.1 Å². The molecule has 1 rings (SSSR count). The zero-order valence-electron chi connectivity index (χ0n) is 10.6. The topological polar surface area (TPSA) is 84.5 Å². The molecule has 0 aliphatic heterocycles. The molecule has 100 valence electrons. The highest BCUT2D eigenvalue weighted by Gasteiger charge is 2.14. The van der Waals surface area contributed by atoms with Crippen LogP contribution in [0.15, 0.2) is 4.99 Å². The van der Waals surface area contributed by atoms with Gasteiger partial charge in [0.1, 0.15) is 9.84 Å². The summed E-state index contributed by atoms with van der Waals surface area (Å²) in [5.41, 5.74) is 5.77. The standard InChI is InChI=1S/C11H23N3O2S/c1-9(8-17(2,15)16)13-11(12)14-10-6-4-3-5-7-10/h9-10H,3-8H2,1-2H3,(H3,12,13,14). The maximum absolute atomic E-state index is 11.1. The van der Waals surface area contributed by atoms with Gasteiger partial charge in [0.15, 0.2) is 5.96 Å². The number of nitrogens with one attached hydrogen (secondary N) is 1. The Kier molecular flexibility index (Phi) is 5.24. The Labute approximate surface area is 104 Å². The van der Waals surface area contributed by atoms with Crippen LogP contribution in [0.5, 0.6) is 0 Å². The highest BCUT2D eigenvalue weighted by molar-refractivity contribution is 7.90. The first kappa shape index (κ1) is 14.3. The van der Waals surface area contributed by atoms with Crippen LogP contribution in [-0.4, -0.2) is 38.5 Å². The number of guanidine groups is 1. The van der Waals surface area contributed by atoms with Crippen molar-refractivity contribution in [3.8, 4) is 0 Å². The van der Waals surface area contributed by atoms with Gasteiger partial charge in [-0.05, 0) is 19.8 Å². The molecular weight excluding hydrogens is 238 g/mol. The summed E-state index contributed by atoms with van der Waals surface area (Å²) in [6.07, 6.45) is 7.09. The molecule has 0 heterocycles. The minimum atomic E-state index is -2.98. The molecule has 1 fully saturated rings. The van der Waals surface area contributed by atoms with E-state index in [9.17, 15) is 8.42 Å². The third-order valence-electron chi connectivity index (χ3n) is 2.84. The third-order valence-corrected chi connectivity index (χ3v) is 3.95. The second kappa shape index (κ2) is 6.23. The molecule has 1 aliphatic rings. The lowest BCUT2D eigenvalue weighted by molar-refractivity contribution is 0.441. The van der Waals surface area contributed by atoms with Crippen LogP contribution in [0.3, 0.4) is 0 Å². The van der Waals surface area contributed by atoms with E-state index in [1.165, 1.54) is 25.5 Å². The highest BCUT2D eigenvalue weighted by Crippen LogP contribution is 2.19. The number of rotatable bonds is 4. The number of hydrogen-bond donors (Lipinski definition) is 2. The van der Waals surface area contributed by atoms with Crippen LogP contribution in [0.4, 0.5) is 0 Å². The summed E-state index contributed by atoms with van der Waals surface area (Å²) in [5, 5.41) is 2.93. The fourth-order valence-electron chi connectivity index (χ4n) is 2.19. The van der Waals surface area contributed by atoms with Crippen LogP contribution in [-0.2, 0) is 9.84 Å². The third kappa shape index (κ3) is 6.51. The van der Waals surface area contributed by atoms with Gasteiger partial charge in [-0.1, -0.05) is 19.3 Å². The first-order valence-corrected chi connectivity index (χ1v) is 8.20. The van der Waals surface area contributed by atoms with Gasteiger partial charge < -0.3 is 11.1 Å². The summed E-state index contributed by atoms with van der Waals surface area (Å²) in [4.78, 5) is 4.39. The second-order valence-electron chi connectivity index (χ2n) is 4.94. The molecule has 1 saturated carbocycles. The van der Waals surface area contributed by atoms with Crippen LogP contribution in [0.2, 0.25) is 0 Å². The van der Waals surface area contributed by atoms with Gasteiger partial charge in [-0.2, -0.15) is 0 Å². The van der Waals surface area contributed by atoms with Gasteiger partial charge in [-0.15, -0.1) is 0 Å². The van der Waals surface area contributed by atoms with Gasteiger partial charge in [0.2, 0.25) is 0 Å². The van der Waals surface area contributed by atoms with E-state index in [1.807, 2.05) is 0 Å². The molecule has 0 amide bonds. The quantitative estimate of drug-likeness (QED) is 0.575. The van der Waals surface area contributed by atoms with Crippen molar-refractivity contribution in [1.29, 1.82) is 0 Å². The molecule has 0 aromatic rings. The minimum Gasteiger partial charge on any atom is -0.370 e. The Morgan fingerprint density at radius 3 is 2.53 bits per heavy atom. The number of nitrogens with zero attached hydrogens (tertiary/aromatic N) is 1. The summed E-state index contributed by atoms with van der Waals surface area (Å²) >= 11 is 0. The molecule has 3 N–H and O–H groups in total. The molecule has 0 aromatic carbocycles. The second-order valence-corrected chi connectivity index (χ2v) is 7.13. The molecule has 0 saturated heterocycles. The zero-order chi connectivity index (χ0) is 12.9. The first-order valence-electron chi connectivity index (χ1n) is 6.14. The summed E-state index contributed by atoms with van der Waals surface area (Å²) in [6, 6.07) is 0.110. The van der Waals surface area contributed by atoms with E-state index in [0.717, 1.165) is 12.8 Å². The average Bonchev–Trinajstić information content (AvgIpc) is 2.15. The van der Waals surface area contributed by atoms with Crippen LogP contribution in [0, 0.1) is 0 Å². The summed E-state index contributed by atoms with van der Waals surface area (Å²) in [6.45, 7) is 1.80. The molecule has 0 bridgehead atoms. The predicted octanol–water partition coefficient (Wildman–Crippen LogP) is 0.657. The molecule has 0 aromatic heterocycles. The van der Waals surface area contributed by atoms with Gasteiger partial charge >= 0.3 is 0 Å². The normalized spacial score (nSPS) is 21.2. The van der Waals surface area contributed by atoms with E-state index in [2.05, 4.69) is 10.3 Å². The lowest BCUT2D eigenvalue weighted by Gasteiger charge is -2.20. The molecule has 5 nitrogen and oxygen atoms in total. The van der Waals surface area contributed by atoms with Crippen LogP contribution >= 0.6 is 0 Å². The Morgan fingerprint density at radius 2 is 2.00 bits per heavy atom. The predicted molar refractivity (Wildman–Crippen MR) is 70.8 cm³/mol. The summed E-state index contributed by atoms with van der Waals surface area (Å²) in [7, 11) is -2.98. The Bertz CT molecular complexity index is 359. The fraction of sp³-hybridized carbons (Fsp3) is 0.909. The molecule has 1 atom stereocenters. The highest BCUT2D eigenvalue weighted by atomic mass is 32.2. The monoisotopic (exact) mass is 261 g/mol. The SMILES string of the molecule is CC(CS(C)(=O)=O)NC(N)=NC1CCCCC1. The maximum Gasteiger partial charge on any atom is 0.189 e. The first-order chi connectivity index (χ1) is 7.87. The lowest BCUT2D eigenvalue weighted by Crippen LogP contribution is -2.42. The van der Waals surface area contributed by atoms with E-state index in [0.29, 0.717) is 12.0 Å². The van der Waals surface area contributed by atoms with Gasteiger partial charge in [0, 0.05) is 12.3 Å². The fourth-order valence-corrected chi connectivity index (χ4v) is 3.18. The Hall–Kier alpha value is -0.780. The van der Waals surface area contributed by atoms with Crippen molar-refractivity contribution in [2.45, 2.75) is 51.1 Å². The minimum absolute atomic E-state index is 0.0773. The van der Waals surface area contributed by atoms with Crippen molar-refractivity contribution >= 4 is 15.8 Å². The van der Waals surface area contributed by atoms with Gasteiger partial charge in [-0.3, -0.25) is 4.99 Å². The van der Waals surface area contributed by atoms with Crippen LogP contribution in [0.1, 0.15) is 39.0 Å². The molecule has 1 unspecified atom stereocenters. The van der Waals surface area contributed by atoms with Crippen molar-refractivity contribution in [3.05, 3.63) is 0 Å². The van der Waals surface area contributed by atoms with Crippen molar-refractivity contribution in [2.24, 2.45) is 10.7 Å². The smallest absolute Gasteiger partial charge is 0.189 e. The zero-order valence-corrected chi connectivity index (χ0v) is 11.5. The van der Waals surface area contributed by atoms with E-state index in [1.54, 1.807) is 6.92 Å². The molecule has 1 aliphatic carbocycles. The number of hydrogen-bond acceptors (Lipinski definition) is 3. The molecular formula is C11H23N3O2S.